The summed E-state index contributed by atoms with van der Waals surface area (Å²) in [5, 5.41) is 9.33. The number of benzene rings is 1. The standard InChI is InChI=1S/C22H17ClN6O2/c1-30-12-21-26-27-22-17-9-16(31-2)6-8-19(17)29-13-25-18(20(29)11-28(21)22)7-5-15-4-3-14(23)10-24-15/h3-4,6,8-10,13H,11-12H2,1-2H3. The minimum atomic E-state index is 0.343. The SMILES string of the molecule is COCc1nnc2n1Cc1c(C#Cc3ccc(Cl)cn3)ncn1-c1ccc(OC)cc1-2. The zero-order valence-corrected chi connectivity index (χ0v) is 17.6. The first kappa shape index (κ1) is 19.3. The minimum absolute atomic E-state index is 0.343. The molecule has 1 aliphatic rings. The van der Waals surface area contributed by atoms with Crippen LogP contribution in [0.3, 0.4) is 0 Å². The predicted octanol–water partition coefficient (Wildman–Crippen LogP) is 3.10. The summed E-state index contributed by atoms with van der Waals surface area (Å²) >= 11 is 5.91. The van der Waals surface area contributed by atoms with Crippen LogP contribution in [-0.4, -0.2) is 43.5 Å². The summed E-state index contributed by atoms with van der Waals surface area (Å²) in [7, 11) is 3.27. The molecule has 5 rings (SSSR count). The number of rotatable bonds is 3. The van der Waals surface area contributed by atoms with E-state index in [1.807, 2.05) is 27.3 Å². The van der Waals surface area contributed by atoms with E-state index < -0.39 is 0 Å². The molecule has 4 aromatic rings. The van der Waals surface area contributed by atoms with Crippen molar-refractivity contribution in [3.63, 3.8) is 0 Å². The average molecular weight is 433 g/mol. The number of methoxy groups -OCH3 is 2. The maximum Gasteiger partial charge on any atom is 0.166 e. The minimum Gasteiger partial charge on any atom is -0.497 e. The fourth-order valence-electron chi connectivity index (χ4n) is 3.53. The van der Waals surface area contributed by atoms with Gasteiger partial charge in [-0.3, -0.25) is 4.57 Å². The molecule has 9 heteroatoms. The van der Waals surface area contributed by atoms with E-state index in [9.17, 15) is 0 Å². The van der Waals surface area contributed by atoms with E-state index in [-0.39, 0.29) is 0 Å². The molecule has 0 atom stereocenters. The number of fused-ring (bicyclic) bond motifs is 5. The molecule has 1 aliphatic heterocycles. The lowest BCUT2D eigenvalue weighted by atomic mass is 10.1. The maximum absolute atomic E-state index is 5.91. The Hall–Kier alpha value is -3.67. The van der Waals surface area contributed by atoms with Crippen LogP contribution in [0.2, 0.25) is 5.02 Å². The van der Waals surface area contributed by atoms with E-state index >= 15 is 0 Å². The molecule has 4 heterocycles. The van der Waals surface area contributed by atoms with Crippen LogP contribution in [0.1, 0.15) is 22.9 Å². The second-order valence-corrected chi connectivity index (χ2v) is 7.30. The maximum atomic E-state index is 5.91. The molecule has 31 heavy (non-hydrogen) atoms. The van der Waals surface area contributed by atoms with Crippen molar-refractivity contribution >= 4 is 11.6 Å². The number of ether oxygens (including phenoxy) is 2. The van der Waals surface area contributed by atoms with Gasteiger partial charge in [-0.1, -0.05) is 11.6 Å². The lowest BCUT2D eigenvalue weighted by Gasteiger charge is -2.09. The summed E-state index contributed by atoms with van der Waals surface area (Å²) in [5.41, 5.74) is 4.02. The van der Waals surface area contributed by atoms with Gasteiger partial charge >= 0.3 is 0 Å². The fraction of sp³-hybridized carbons (Fsp3) is 0.182. The van der Waals surface area contributed by atoms with Crippen LogP contribution in [0.25, 0.3) is 17.1 Å². The van der Waals surface area contributed by atoms with Gasteiger partial charge in [0.05, 0.1) is 30.1 Å². The third kappa shape index (κ3) is 3.44. The normalized spacial score (nSPS) is 11.6. The van der Waals surface area contributed by atoms with Crippen LogP contribution in [0.4, 0.5) is 0 Å². The second kappa shape index (κ2) is 7.87. The third-order valence-electron chi connectivity index (χ3n) is 5.02. The first-order valence-electron chi connectivity index (χ1n) is 9.47. The van der Waals surface area contributed by atoms with Gasteiger partial charge in [-0.05, 0) is 42.2 Å². The number of hydrogen-bond acceptors (Lipinski definition) is 6. The molecular weight excluding hydrogens is 416 g/mol. The van der Waals surface area contributed by atoms with Crippen molar-refractivity contribution < 1.29 is 9.47 Å². The molecule has 0 radical (unpaired) electrons. The summed E-state index contributed by atoms with van der Waals surface area (Å²) in [6.07, 6.45) is 3.35. The quantitative estimate of drug-likeness (QED) is 0.407. The van der Waals surface area contributed by atoms with Crippen LogP contribution >= 0.6 is 11.6 Å². The Morgan fingerprint density at radius 2 is 2.00 bits per heavy atom. The molecule has 0 saturated carbocycles. The zero-order chi connectivity index (χ0) is 21.4. The van der Waals surface area contributed by atoms with Crippen LogP contribution < -0.4 is 4.74 Å². The molecule has 3 aromatic heterocycles. The van der Waals surface area contributed by atoms with Crippen molar-refractivity contribution in [2.75, 3.05) is 14.2 Å². The van der Waals surface area contributed by atoms with Gasteiger partial charge in [-0.2, -0.15) is 0 Å². The van der Waals surface area contributed by atoms with Crippen LogP contribution in [0.5, 0.6) is 5.75 Å². The van der Waals surface area contributed by atoms with E-state index in [1.165, 1.54) is 0 Å². The van der Waals surface area contributed by atoms with Gasteiger partial charge in [-0.15, -0.1) is 10.2 Å². The first-order valence-corrected chi connectivity index (χ1v) is 9.85. The molecule has 154 valence electrons. The Morgan fingerprint density at radius 1 is 1.10 bits per heavy atom. The van der Waals surface area contributed by atoms with E-state index in [0.29, 0.717) is 29.6 Å². The number of aromatic nitrogens is 6. The van der Waals surface area contributed by atoms with E-state index in [0.717, 1.165) is 34.3 Å². The van der Waals surface area contributed by atoms with Gasteiger partial charge in [0.25, 0.3) is 0 Å². The highest BCUT2D eigenvalue weighted by molar-refractivity contribution is 6.30. The van der Waals surface area contributed by atoms with Gasteiger partial charge in [0.1, 0.15) is 30.1 Å². The summed E-state index contributed by atoms with van der Waals surface area (Å²) in [4.78, 5) is 8.80. The second-order valence-electron chi connectivity index (χ2n) is 6.86. The number of hydrogen-bond donors (Lipinski definition) is 0. The van der Waals surface area contributed by atoms with Gasteiger partial charge in [0, 0.05) is 18.9 Å². The average Bonchev–Trinajstić information content (AvgIpc) is 3.34. The lowest BCUT2D eigenvalue weighted by Crippen LogP contribution is -2.09. The Kier molecular flexibility index (Phi) is 4.90. The molecule has 0 unspecified atom stereocenters. The van der Waals surface area contributed by atoms with Gasteiger partial charge in [0.2, 0.25) is 0 Å². The predicted molar refractivity (Wildman–Crippen MR) is 114 cm³/mol. The van der Waals surface area contributed by atoms with Gasteiger partial charge in [-0.25, -0.2) is 9.97 Å². The zero-order valence-electron chi connectivity index (χ0n) is 16.8. The molecule has 0 fully saturated rings. The van der Waals surface area contributed by atoms with Crippen LogP contribution in [-0.2, 0) is 17.9 Å². The lowest BCUT2D eigenvalue weighted by molar-refractivity contribution is 0.174. The van der Waals surface area contributed by atoms with Gasteiger partial charge in [0.15, 0.2) is 11.6 Å². The van der Waals surface area contributed by atoms with Crippen molar-refractivity contribution in [2.45, 2.75) is 13.2 Å². The Bertz CT molecular complexity index is 1330. The molecule has 0 amide bonds. The van der Waals surface area contributed by atoms with Crippen molar-refractivity contribution in [3.05, 3.63) is 70.8 Å². The molecular formula is C22H17ClN6O2. The van der Waals surface area contributed by atoms with Crippen LogP contribution in [0, 0.1) is 11.8 Å². The molecule has 0 N–H and O–H groups in total. The van der Waals surface area contributed by atoms with Crippen LogP contribution in [0.15, 0.2) is 42.9 Å². The van der Waals surface area contributed by atoms with Gasteiger partial charge < -0.3 is 14.0 Å². The number of pyridine rings is 1. The fourth-order valence-corrected chi connectivity index (χ4v) is 3.64. The Morgan fingerprint density at radius 3 is 2.77 bits per heavy atom. The van der Waals surface area contributed by atoms with Crippen molar-refractivity contribution in [3.8, 4) is 34.7 Å². The van der Waals surface area contributed by atoms with Crippen molar-refractivity contribution in [1.29, 1.82) is 0 Å². The number of nitrogens with zero attached hydrogens (tertiary/aromatic N) is 6. The summed E-state index contributed by atoms with van der Waals surface area (Å²) in [6, 6.07) is 9.38. The smallest absolute Gasteiger partial charge is 0.166 e. The summed E-state index contributed by atoms with van der Waals surface area (Å²) < 4.78 is 14.8. The van der Waals surface area contributed by atoms with Crippen molar-refractivity contribution in [2.24, 2.45) is 0 Å². The third-order valence-corrected chi connectivity index (χ3v) is 5.24. The summed E-state index contributed by atoms with van der Waals surface area (Å²) in [6.45, 7) is 0.840. The van der Waals surface area contributed by atoms with E-state index in [2.05, 4.69) is 32.0 Å². The topological polar surface area (TPSA) is 79.9 Å². The largest absolute Gasteiger partial charge is 0.497 e. The van der Waals surface area contributed by atoms with E-state index in [1.54, 1.807) is 38.9 Å². The molecule has 0 spiro atoms. The highest BCUT2D eigenvalue weighted by Crippen LogP contribution is 2.34. The number of imidazole rings is 1. The molecule has 0 bridgehead atoms. The van der Waals surface area contributed by atoms with Crippen molar-refractivity contribution in [1.82, 2.24) is 29.3 Å². The highest BCUT2D eigenvalue weighted by atomic mass is 35.5. The monoisotopic (exact) mass is 432 g/mol. The molecule has 0 aliphatic carbocycles. The highest BCUT2D eigenvalue weighted by Gasteiger charge is 2.26. The molecule has 1 aromatic carbocycles. The Balaban J connectivity index is 1.67. The van der Waals surface area contributed by atoms with E-state index in [4.69, 9.17) is 21.1 Å². The summed E-state index contributed by atoms with van der Waals surface area (Å²) in [5.74, 6) is 8.41. The molecule has 8 nitrogen and oxygen atoms in total. The number of halogens is 1. The Labute approximate surface area is 183 Å². The first-order chi connectivity index (χ1) is 15.2. The molecule has 0 saturated heterocycles.